The number of β-amino-alcohol motifs (C(OH)–C–C–N with tert-alkyl or cyclic N) is 1. The van der Waals surface area contributed by atoms with Gasteiger partial charge in [-0.3, -0.25) is 9.69 Å². The lowest BCUT2D eigenvalue weighted by atomic mass is 10.2. The summed E-state index contributed by atoms with van der Waals surface area (Å²) in [6, 6.07) is 3.48. The number of hydrogen-bond acceptors (Lipinski definition) is 7. The van der Waals surface area contributed by atoms with Gasteiger partial charge in [-0.1, -0.05) is 0 Å². The predicted molar refractivity (Wildman–Crippen MR) is 92.0 cm³/mol. The number of carbonyl (C=O) groups excluding carboxylic acids is 1. The summed E-state index contributed by atoms with van der Waals surface area (Å²) in [4.78, 5) is 20.8. The average Bonchev–Trinajstić information content (AvgIpc) is 2.92. The second-order valence-corrected chi connectivity index (χ2v) is 6.15. The van der Waals surface area contributed by atoms with Crippen molar-refractivity contribution in [3.8, 4) is 0 Å². The zero-order valence-electron chi connectivity index (χ0n) is 14.5. The lowest BCUT2D eigenvalue weighted by molar-refractivity contribution is 0.0663. The fourth-order valence-electron chi connectivity index (χ4n) is 2.98. The molecule has 1 amide bonds. The van der Waals surface area contributed by atoms with Crippen molar-refractivity contribution in [2.45, 2.75) is 12.6 Å². The van der Waals surface area contributed by atoms with E-state index < -0.39 is 6.10 Å². The zero-order chi connectivity index (χ0) is 17.8. The van der Waals surface area contributed by atoms with Crippen molar-refractivity contribution in [3.05, 3.63) is 36.0 Å². The van der Waals surface area contributed by atoms with Crippen LogP contribution >= 0.6 is 0 Å². The smallest absolute Gasteiger partial charge is 0.257 e. The SMILES string of the molecule is CNc1ncccc1C(=O)N1CCN(Cc2nncn2C)C[C@@H](O)C1. The second kappa shape index (κ2) is 7.58. The van der Waals surface area contributed by atoms with Gasteiger partial charge in [0.05, 0.1) is 18.2 Å². The monoisotopic (exact) mass is 345 g/mol. The summed E-state index contributed by atoms with van der Waals surface area (Å²) in [6.45, 7) is 2.57. The van der Waals surface area contributed by atoms with Crippen LogP contribution in [0.3, 0.4) is 0 Å². The van der Waals surface area contributed by atoms with Gasteiger partial charge in [-0.15, -0.1) is 10.2 Å². The van der Waals surface area contributed by atoms with Gasteiger partial charge in [-0.25, -0.2) is 4.98 Å². The van der Waals surface area contributed by atoms with Crippen LogP contribution in [0.5, 0.6) is 0 Å². The van der Waals surface area contributed by atoms with Crippen LogP contribution in [0.15, 0.2) is 24.7 Å². The molecular weight excluding hydrogens is 322 g/mol. The van der Waals surface area contributed by atoms with E-state index >= 15 is 0 Å². The van der Waals surface area contributed by atoms with Crippen LogP contribution in [0, 0.1) is 0 Å². The lowest BCUT2D eigenvalue weighted by Gasteiger charge is -2.22. The van der Waals surface area contributed by atoms with Crippen molar-refractivity contribution in [1.82, 2.24) is 29.5 Å². The van der Waals surface area contributed by atoms with Gasteiger partial charge in [0, 0.05) is 46.5 Å². The summed E-state index contributed by atoms with van der Waals surface area (Å²) < 4.78 is 1.86. The number of aromatic nitrogens is 4. The first kappa shape index (κ1) is 17.3. The first-order chi connectivity index (χ1) is 12.1. The quantitative estimate of drug-likeness (QED) is 0.776. The number of aryl methyl sites for hydroxylation is 1. The Hall–Kier alpha value is -2.52. The molecule has 0 spiro atoms. The largest absolute Gasteiger partial charge is 0.390 e. The predicted octanol–water partition coefficient (Wildman–Crippen LogP) is -0.429. The minimum Gasteiger partial charge on any atom is -0.390 e. The van der Waals surface area contributed by atoms with Crippen molar-refractivity contribution in [3.63, 3.8) is 0 Å². The molecule has 0 aromatic carbocycles. The minimum absolute atomic E-state index is 0.128. The Kier molecular flexibility index (Phi) is 5.25. The summed E-state index contributed by atoms with van der Waals surface area (Å²) in [5, 5.41) is 21.2. The molecule has 134 valence electrons. The molecule has 2 N–H and O–H groups in total. The number of carbonyl (C=O) groups is 1. The lowest BCUT2D eigenvalue weighted by Crippen LogP contribution is -2.38. The van der Waals surface area contributed by atoms with Crippen molar-refractivity contribution < 1.29 is 9.90 Å². The number of anilines is 1. The number of nitrogens with zero attached hydrogens (tertiary/aromatic N) is 6. The van der Waals surface area contributed by atoms with Crippen molar-refractivity contribution >= 4 is 11.7 Å². The molecule has 3 rings (SSSR count). The Morgan fingerprint density at radius 3 is 2.96 bits per heavy atom. The van der Waals surface area contributed by atoms with Gasteiger partial charge < -0.3 is 19.9 Å². The first-order valence-electron chi connectivity index (χ1n) is 8.24. The van der Waals surface area contributed by atoms with Gasteiger partial charge >= 0.3 is 0 Å². The molecule has 9 heteroatoms. The molecular formula is C16H23N7O2. The van der Waals surface area contributed by atoms with Crippen molar-refractivity contribution in [1.29, 1.82) is 0 Å². The number of nitrogens with one attached hydrogen (secondary N) is 1. The minimum atomic E-state index is -0.616. The molecule has 0 bridgehead atoms. The summed E-state index contributed by atoms with van der Waals surface area (Å²) >= 11 is 0. The Bertz CT molecular complexity index is 733. The van der Waals surface area contributed by atoms with Gasteiger partial charge in [0.2, 0.25) is 0 Å². The van der Waals surface area contributed by atoms with E-state index in [9.17, 15) is 9.90 Å². The maximum atomic E-state index is 12.8. The number of hydrogen-bond donors (Lipinski definition) is 2. The van der Waals surface area contributed by atoms with E-state index in [0.29, 0.717) is 44.1 Å². The van der Waals surface area contributed by atoms with E-state index in [1.54, 1.807) is 36.6 Å². The molecule has 9 nitrogen and oxygen atoms in total. The van der Waals surface area contributed by atoms with Gasteiger partial charge in [-0.05, 0) is 12.1 Å². The highest BCUT2D eigenvalue weighted by atomic mass is 16.3. The Labute approximate surface area is 146 Å². The fourth-order valence-corrected chi connectivity index (χ4v) is 2.98. The molecule has 3 heterocycles. The van der Waals surface area contributed by atoms with E-state index in [4.69, 9.17) is 0 Å². The van der Waals surface area contributed by atoms with E-state index in [1.807, 2.05) is 11.6 Å². The molecule has 0 aliphatic carbocycles. The molecule has 1 fully saturated rings. The van der Waals surface area contributed by atoms with Crippen LogP contribution < -0.4 is 5.32 Å². The highest BCUT2D eigenvalue weighted by molar-refractivity contribution is 5.98. The van der Waals surface area contributed by atoms with E-state index in [-0.39, 0.29) is 5.91 Å². The van der Waals surface area contributed by atoms with E-state index in [2.05, 4.69) is 25.4 Å². The topological polar surface area (TPSA) is 99.4 Å². The van der Waals surface area contributed by atoms with Gasteiger partial charge in [-0.2, -0.15) is 0 Å². The third kappa shape index (κ3) is 3.94. The van der Waals surface area contributed by atoms with Crippen LogP contribution in [0.4, 0.5) is 5.82 Å². The molecule has 1 atom stereocenters. The highest BCUT2D eigenvalue weighted by Crippen LogP contribution is 2.16. The molecule has 0 saturated carbocycles. The maximum absolute atomic E-state index is 12.8. The molecule has 1 aliphatic rings. The normalized spacial score (nSPS) is 18.8. The standard InChI is InChI=1S/C16H23N7O2/c1-17-15-13(4-3-5-18-15)16(25)23-7-6-22(8-12(24)9-23)10-14-20-19-11-21(14)2/h3-5,11-12,24H,6-10H2,1-2H3,(H,17,18)/t12-/m1/s1. The zero-order valence-corrected chi connectivity index (χ0v) is 14.5. The van der Waals surface area contributed by atoms with Crippen LogP contribution in [0.25, 0.3) is 0 Å². The summed E-state index contributed by atoms with van der Waals surface area (Å²) in [5.74, 6) is 1.25. The third-order valence-corrected chi connectivity index (χ3v) is 4.32. The molecule has 0 radical (unpaired) electrons. The van der Waals surface area contributed by atoms with Gasteiger partial charge in [0.25, 0.3) is 5.91 Å². The van der Waals surface area contributed by atoms with Crippen molar-refractivity contribution in [2.75, 3.05) is 38.5 Å². The number of aliphatic hydroxyl groups excluding tert-OH is 1. The Morgan fingerprint density at radius 2 is 2.24 bits per heavy atom. The Morgan fingerprint density at radius 1 is 1.40 bits per heavy atom. The highest BCUT2D eigenvalue weighted by Gasteiger charge is 2.27. The number of rotatable bonds is 4. The molecule has 2 aromatic heterocycles. The van der Waals surface area contributed by atoms with Crippen molar-refractivity contribution in [2.24, 2.45) is 7.05 Å². The first-order valence-corrected chi connectivity index (χ1v) is 8.24. The van der Waals surface area contributed by atoms with Crippen LogP contribution in [0.1, 0.15) is 16.2 Å². The summed E-state index contributed by atoms with van der Waals surface area (Å²) in [5.41, 5.74) is 0.513. The summed E-state index contributed by atoms with van der Waals surface area (Å²) in [6.07, 6.45) is 2.68. The second-order valence-electron chi connectivity index (χ2n) is 6.15. The number of pyridine rings is 1. The molecule has 2 aromatic rings. The number of aliphatic hydroxyl groups is 1. The third-order valence-electron chi connectivity index (χ3n) is 4.32. The summed E-state index contributed by atoms with van der Waals surface area (Å²) in [7, 11) is 3.63. The van der Waals surface area contributed by atoms with Crippen LogP contribution in [0.2, 0.25) is 0 Å². The van der Waals surface area contributed by atoms with Gasteiger partial charge in [0.1, 0.15) is 18.0 Å². The van der Waals surface area contributed by atoms with Crippen LogP contribution in [-0.2, 0) is 13.6 Å². The molecule has 0 unspecified atom stereocenters. The molecule has 1 aliphatic heterocycles. The molecule has 25 heavy (non-hydrogen) atoms. The van der Waals surface area contributed by atoms with E-state index in [0.717, 1.165) is 5.82 Å². The fraction of sp³-hybridized carbons (Fsp3) is 0.500. The van der Waals surface area contributed by atoms with E-state index in [1.165, 1.54) is 0 Å². The molecule has 1 saturated heterocycles. The maximum Gasteiger partial charge on any atom is 0.257 e. The Balaban J connectivity index is 1.70. The number of amides is 1. The van der Waals surface area contributed by atoms with Gasteiger partial charge in [0.15, 0.2) is 0 Å². The van der Waals surface area contributed by atoms with Crippen LogP contribution in [-0.4, -0.2) is 79.9 Å². The average molecular weight is 345 g/mol.